The summed E-state index contributed by atoms with van der Waals surface area (Å²) in [6, 6.07) is 5.36. The van der Waals surface area contributed by atoms with Gasteiger partial charge in [-0.25, -0.2) is 0 Å². The summed E-state index contributed by atoms with van der Waals surface area (Å²) in [5, 5.41) is 3.36. The average molecular weight is 301 g/mol. The van der Waals surface area contributed by atoms with Crippen LogP contribution in [0.1, 0.15) is 34.1 Å². The van der Waals surface area contributed by atoms with E-state index < -0.39 is 0 Å². The molecular formula is C14H21ClN2OS. The van der Waals surface area contributed by atoms with E-state index in [0.29, 0.717) is 10.7 Å². The van der Waals surface area contributed by atoms with E-state index in [4.69, 9.17) is 17.3 Å². The Labute approximate surface area is 124 Å². The van der Waals surface area contributed by atoms with Gasteiger partial charge in [-0.1, -0.05) is 24.6 Å². The molecule has 0 radical (unpaired) electrons. The molecule has 0 saturated carbocycles. The molecule has 19 heavy (non-hydrogen) atoms. The van der Waals surface area contributed by atoms with Crippen molar-refractivity contribution >= 4 is 35.0 Å². The van der Waals surface area contributed by atoms with Crippen LogP contribution in [0, 0.1) is 0 Å². The number of hydrogen-bond donors (Lipinski definition) is 2. The van der Waals surface area contributed by atoms with E-state index in [9.17, 15) is 4.79 Å². The minimum atomic E-state index is -0.243. The zero-order chi connectivity index (χ0) is 14.6. The predicted octanol–water partition coefficient (Wildman–Crippen LogP) is 3.71. The maximum absolute atomic E-state index is 12.1. The van der Waals surface area contributed by atoms with Crippen LogP contribution in [0.3, 0.4) is 0 Å². The molecule has 0 aliphatic carbocycles. The number of rotatable bonds is 5. The van der Waals surface area contributed by atoms with E-state index in [1.54, 1.807) is 18.2 Å². The lowest BCUT2D eigenvalue weighted by Gasteiger charge is -2.26. The van der Waals surface area contributed by atoms with Crippen molar-refractivity contribution in [2.45, 2.75) is 49.8 Å². The van der Waals surface area contributed by atoms with Gasteiger partial charge in [-0.2, -0.15) is 0 Å². The van der Waals surface area contributed by atoms with E-state index in [-0.39, 0.29) is 16.7 Å². The maximum atomic E-state index is 12.1. The molecule has 1 rings (SSSR count). The standard InChI is InChI=1S/C14H21ClN2OS/c1-5-14(3,4)17-13(18)9(2)19-12-10(15)7-6-8-11(12)16/h6-9H,5,16H2,1-4H3,(H,17,18). The summed E-state index contributed by atoms with van der Waals surface area (Å²) in [5.41, 5.74) is 6.29. The molecule has 3 N–H and O–H groups in total. The number of nitrogens with one attached hydrogen (secondary N) is 1. The summed E-state index contributed by atoms with van der Waals surface area (Å²) in [4.78, 5) is 12.9. The molecule has 0 aliphatic rings. The lowest BCUT2D eigenvalue weighted by molar-refractivity contribution is -0.121. The summed E-state index contributed by atoms with van der Waals surface area (Å²) in [6.45, 7) is 7.91. The van der Waals surface area contributed by atoms with Crippen LogP contribution in [0.5, 0.6) is 0 Å². The van der Waals surface area contributed by atoms with Gasteiger partial charge < -0.3 is 11.1 Å². The Bertz CT molecular complexity index is 443. The first kappa shape index (κ1) is 16.2. The fourth-order valence-corrected chi connectivity index (χ4v) is 2.62. The van der Waals surface area contributed by atoms with Crippen molar-refractivity contribution in [3.8, 4) is 0 Å². The number of amides is 1. The van der Waals surface area contributed by atoms with Gasteiger partial charge in [0.2, 0.25) is 5.91 Å². The Hall–Kier alpha value is -0.870. The molecule has 0 spiro atoms. The van der Waals surface area contributed by atoms with Gasteiger partial charge in [0.1, 0.15) is 0 Å². The van der Waals surface area contributed by atoms with E-state index >= 15 is 0 Å². The predicted molar refractivity (Wildman–Crippen MR) is 83.7 cm³/mol. The van der Waals surface area contributed by atoms with Crippen LogP contribution in [-0.4, -0.2) is 16.7 Å². The molecule has 0 saturated heterocycles. The SMILES string of the molecule is CCC(C)(C)NC(=O)C(C)Sc1c(N)cccc1Cl. The summed E-state index contributed by atoms with van der Waals surface area (Å²) >= 11 is 7.49. The zero-order valence-electron chi connectivity index (χ0n) is 11.8. The highest BCUT2D eigenvalue weighted by molar-refractivity contribution is 8.00. The number of halogens is 1. The molecule has 1 unspecified atom stereocenters. The monoisotopic (exact) mass is 300 g/mol. The number of thioether (sulfide) groups is 1. The summed E-state index contributed by atoms with van der Waals surface area (Å²) < 4.78 is 0. The Morgan fingerprint density at radius 2 is 2.16 bits per heavy atom. The van der Waals surface area contributed by atoms with E-state index in [2.05, 4.69) is 5.32 Å². The number of carbonyl (C=O) groups is 1. The van der Waals surface area contributed by atoms with Gasteiger partial charge in [0.25, 0.3) is 0 Å². The van der Waals surface area contributed by atoms with Crippen LogP contribution in [0.4, 0.5) is 5.69 Å². The fourth-order valence-electron chi connectivity index (χ4n) is 1.40. The second kappa shape index (κ2) is 6.53. The second-order valence-electron chi connectivity index (χ2n) is 5.14. The Morgan fingerprint density at radius 1 is 1.53 bits per heavy atom. The third-order valence-electron chi connectivity index (χ3n) is 3.01. The molecule has 106 valence electrons. The highest BCUT2D eigenvalue weighted by atomic mass is 35.5. The molecule has 1 atom stereocenters. The minimum Gasteiger partial charge on any atom is -0.398 e. The van der Waals surface area contributed by atoms with E-state index in [1.807, 2.05) is 27.7 Å². The molecular weight excluding hydrogens is 280 g/mol. The Morgan fingerprint density at radius 3 is 2.68 bits per heavy atom. The van der Waals surface area contributed by atoms with Gasteiger partial charge in [0, 0.05) is 16.1 Å². The van der Waals surface area contributed by atoms with Crippen molar-refractivity contribution in [2.75, 3.05) is 5.73 Å². The second-order valence-corrected chi connectivity index (χ2v) is 6.90. The largest absolute Gasteiger partial charge is 0.398 e. The Balaban J connectivity index is 2.75. The number of benzene rings is 1. The number of anilines is 1. The number of hydrogen-bond acceptors (Lipinski definition) is 3. The topological polar surface area (TPSA) is 55.1 Å². The first-order valence-electron chi connectivity index (χ1n) is 6.29. The van der Waals surface area contributed by atoms with E-state index in [0.717, 1.165) is 11.3 Å². The van der Waals surface area contributed by atoms with Crippen molar-refractivity contribution in [1.29, 1.82) is 0 Å². The average Bonchev–Trinajstić information content (AvgIpc) is 2.33. The fraction of sp³-hybridized carbons (Fsp3) is 0.500. The van der Waals surface area contributed by atoms with Gasteiger partial charge in [-0.3, -0.25) is 4.79 Å². The maximum Gasteiger partial charge on any atom is 0.233 e. The van der Waals surface area contributed by atoms with Crippen LogP contribution in [0.15, 0.2) is 23.1 Å². The highest BCUT2D eigenvalue weighted by Crippen LogP contribution is 2.35. The lowest BCUT2D eigenvalue weighted by atomic mass is 10.0. The molecule has 1 aromatic carbocycles. The van der Waals surface area contributed by atoms with Gasteiger partial charge in [0.15, 0.2) is 0 Å². The van der Waals surface area contributed by atoms with Crippen molar-refractivity contribution in [3.05, 3.63) is 23.2 Å². The van der Waals surface area contributed by atoms with Crippen molar-refractivity contribution in [2.24, 2.45) is 0 Å². The molecule has 0 heterocycles. The molecule has 0 fully saturated rings. The van der Waals surface area contributed by atoms with Crippen LogP contribution in [0.2, 0.25) is 5.02 Å². The molecule has 1 amide bonds. The van der Waals surface area contributed by atoms with Crippen LogP contribution in [0.25, 0.3) is 0 Å². The summed E-state index contributed by atoms with van der Waals surface area (Å²) in [6.07, 6.45) is 0.879. The van der Waals surface area contributed by atoms with Crippen molar-refractivity contribution < 1.29 is 4.79 Å². The number of carbonyl (C=O) groups excluding carboxylic acids is 1. The quantitative estimate of drug-likeness (QED) is 0.644. The Kier molecular flexibility index (Phi) is 5.56. The van der Waals surface area contributed by atoms with Crippen molar-refractivity contribution in [3.63, 3.8) is 0 Å². The summed E-state index contributed by atoms with van der Waals surface area (Å²) in [7, 11) is 0. The normalized spacial score (nSPS) is 13.1. The zero-order valence-corrected chi connectivity index (χ0v) is 13.4. The minimum absolute atomic E-state index is 0.00355. The van der Waals surface area contributed by atoms with Gasteiger partial charge in [-0.15, -0.1) is 11.8 Å². The molecule has 1 aromatic rings. The first-order chi connectivity index (χ1) is 8.76. The van der Waals surface area contributed by atoms with Gasteiger partial charge >= 0.3 is 0 Å². The molecule has 0 aromatic heterocycles. The summed E-state index contributed by atoms with van der Waals surface area (Å²) in [5.74, 6) is -0.00355. The van der Waals surface area contributed by atoms with Crippen LogP contribution in [-0.2, 0) is 4.79 Å². The van der Waals surface area contributed by atoms with Crippen LogP contribution >= 0.6 is 23.4 Å². The van der Waals surface area contributed by atoms with Gasteiger partial charge in [0.05, 0.1) is 10.3 Å². The first-order valence-corrected chi connectivity index (χ1v) is 7.55. The number of nitrogens with two attached hydrogens (primary N) is 1. The highest BCUT2D eigenvalue weighted by Gasteiger charge is 2.23. The molecule has 0 bridgehead atoms. The molecule has 3 nitrogen and oxygen atoms in total. The third kappa shape index (κ3) is 4.62. The van der Waals surface area contributed by atoms with Crippen molar-refractivity contribution in [1.82, 2.24) is 5.32 Å². The van der Waals surface area contributed by atoms with Crippen LogP contribution < -0.4 is 11.1 Å². The van der Waals surface area contributed by atoms with E-state index in [1.165, 1.54) is 11.8 Å². The molecule has 0 aliphatic heterocycles. The van der Waals surface area contributed by atoms with Gasteiger partial charge in [-0.05, 0) is 39.3 Å². The molecule has 5 heteroatoms. The lowest BCUT2D eigenvalue weighted by Crippen LogP contribution is -2.46. The smallest absolute Gasteiger partial charge is 0.233 e. The third-order valence-corrected chi connectivity index (χ3v) is 4.69. The number of nitrogen functional groups attached to an aromatic ring is 1.